The van der Waals surface area contributed by atoms with Crippen LogP contribution in [0.25, 0.3) is 6.08 Å². The number of halogens is 2. The monoisotopic (exact) mass is 563 g/mol. The highest BCUT2D eigenvalue weighted by molar-refractivity contribution is 14.1. The minimum Gasteiger partial charge on any atom is -0.506 e. The summed E-state index contributed by atoms with van der Waals surface area (Å²) < 4.78 is 1.41. The first kappa shape index (κ1) is 17.7. The summed E-state index contributed by atoms with van der Waals surface area (Å²) in [5, 5.41) is 9.56. The fourth-order valence-electron chi connectivity index (χ4n) is 2.22. The minimum absolute atomic E-state index is 0.227. The quantitative estimate of drug-likeness (QED) is 0.430. The first-order chi connectivity index (χ1) is 11.5. The van der Waals surface area contributed by atoms with Gasteiger partial charge in [0.2, 0.25) is 0 Å². The molecule has 122 valence electrons. The Morgan fingerprint density at radius 3 is 2.33 bits per heavy atom. The summed E-state index contributed by atoms with van der Waals surface area (Å²) in [6.07, 6.45) is 1.69. The zero-order valence-corrected chi connectivity index (χ0v) is 17.3. The van der Waals surface area contributed by atoms with Crippen LogP contribution in [0.2, 0.25) is 0 Å². The van der Waals surface area contributed by atoms with Crippen molar-refractivity contribution in [3.63, 3.8) is 0 Å². The average Bonchev–Trinajstić information content (AvgIpc) is 2.81. The molecule has 0 atom stereocenters. The molecule has 0 saturated carbocycles. The molecule has 2 aromatic carbocycles. The molecule has 2 aromatic rings. The van der Waals surface area contributed by atoms with E-state index >= 15 is 0 Å². The van der Waals surface area contributed by atoms with E-state index in [1.807, 2.05) is 75.5 Å². The Kier molecular flexibility index (Phi) is 5.50. The summed E-state index contributed by atoms with van der Waals surface area (Å²) in [6.45, 7) is 0.271. The lowest BCUT2D eigenvalue weighted by Crippen LogP contribution is -2.27. The molecule has 0 aliphatic carbocycles. The molecular weight excluding hydrogens is 552 g/mol. The number of hydrogen-bond donors (Lipinski definition) is 1. The van der Waals surface area contributed by atoms with E-state index in [1.165, 1.54) is 4.90 Å². The van der Waals surface area contributed by atoms with Crippen molar-refractivity contribution in [2.45, 2.75) is 6.54 Å². The molecule has 0 radical (unpaired) electrons. The summed E-state index contributed by atoms with van der Waals surface area (Å²) in [5.74, 6) is -0.0579. The van der Waals surface area contributed by atoms with Gasteiger partial charge < -0.3 is 5.11 Å². The molecule has 1 N–H and O–H groups in total. The average molecular weight is 563 g/mol. The van der Waals surface area contributed by atoms with Crippen molar-refractivity contribution in [2.75, 3.05) is 0 Å². The second-order valence-electron chi connectivity index (χ2n) is 5.09. The van der Waals surface area contributed by atoms with Crippen molar-refractivity contribution < 1.29 is 14.7 Å². The highest BCUT2D eigenvalue weighted by Gasteiger charge is 2.34. The summed E-state index contributed by atoms with van der Waals surface area (Å²) in [6, 6.07) is 13.0. The lowest BCUT2D eigenvalue weighted by Gasteiger charge is -2.12. The van der Waals surface area contributed by atoms with E-state index in [4.69, 9.17) is 0 Å². The molecular formula is C17H11I2NO3S. The maximum atomic E-state index is 12.5. The van der Waals surface area contributed by atoms with Gasteiger partial charge in [0.15, 0.2) is 0 Å². The molecule has 4 nitrogen and oxygen atoms in total. The van der Waals surface area contributed by atoms with Gasteiger partial charge in [-0.1, -0.05) is 30.3 Å². The molecule has 24 heavy (non-hydrogen) atoms. The third-order valence-electron chi connectivity index (χ3n) is 3.39. The van der Waals surface area contributed by atoms with E-state index in [1.54, 1.807) is 18.2 Å². The van der Waals surface area contributed by atoms with Gasteiger partial charge in [-0.15, -0.1) is 0 Å². The van der Waals surface area contributed by atoms with Crippen LogP contribution in [-0.4, -0.2) is 21.2 Å². The molecule has 1 heterocycles. The molecule has 1 fully saturated rings. The topological polar surface area (TPSA) is 57.6 Å². The van der Waals surface area contributed by atoms with Crippen LogP contribution < -0.4 is 0 Å². The fraction of sp³-hybridized carbons (Fsp3) is 0.0588. The first-order valence-electron chi connectivity index (χ1n) is 6.93. The number of amides is 2. The molecule has 0 aromatic heterocycles. The Hall–Kier alpha value is -1.07. The number of thioether (sulfide) groups is 1. The van der Waals surface area contributed by atoms with E-state index in [0.29, 0.717) is 12.0 Å². The van der Waals surface area contributed by atoms with Crippen LogP contribution in [0.5, 0.6) is 5.75 Å². The number of carbonyl (C=O) groups excluding carboxylic acids is 2. The molecule has 2 amide bonds. The maximum absolute atomic E-state index is 12.5. The van der Waals surface area contributed by atoms with Gasteiger partial charge >= 0.3 is 0 Å². The first-order valence-corrected chi connectivity index (χ1v) is 9.90. The number of aromatic hydroxyl groups is 1. The van der Waals surface area contributed by atoms with Gasteiger partial charge in [-0.2, -0.15) is 0 Å². The summed E-state index contributed by atoms with van der Waals surface area (Å²) in [7, 11) is 0. The van der Waals surface area contributed by atoms with E-state index < -0.39 is 0 Å². The standard InChI is InChI=1S/C17H11I2NO3S/c18-12-6-11(7-13(19)15(12)21)8-14-16(22)20(17(23)24-14)9-10-4-2-1-3-5-10/h1-8,21H,9H2/b14-8+. The zero-order valence-electron chi connectivity index (χ0n) is 12.2. The number of phenolic OH excluding ortho intramolecular Hbond substituents is 1. The number of rotatable bonds is 3. The third kappa shape index (κ3) is 3.77. The van der Waals surface area contributed by atoms with Crippen molar-refractivity contribution >= 4 is 74.2 Å². The van der Waals surface area contributed by atoms with Crippen molar-refractivity contribution in [3.05, 3.63) is 65.6 Å². The molecule has 0 bridgehead atoms. The minimum atomic E-state index is -0.285. The molecule has 1 aliphatic heterocycles. The van der Waals surface area contributed by atoms with Gasteiger partial charge in [-0.3, -0.25) is 14.5 Å². The van der Waals surface area contributed by atoms with Gasteiger partial charge in [0.05, 0.1) is 18.6 Å². The van der Waals surface area contributed by atoms with Crippen LogP contribution in [-0.2, 0) is 11.3 Å². The highest BCUT2D eigenvalue weighted by Crippen LogP contribution is 2.35. The van der Waals surface area contributed by atoms with Crippen molar-refractivity contribution in [1.82, 2.24) is 4.90 Å². The number of imide groups is 1. The number of nitrogens with zero attached hydrogens (tertiary/aromatic N) is 1. The van der Waals surface area contributed by atoms with Crippen LogP contribution in [0, 0.1) is 7.14 Å². The Balaban J connectivity index is 1.86. The van der Waals surface area contributed by atoms with Gasteiger partial charge in [-0.25, -0.2) is 0 Å². The van der Waals surface area contributed by atoms with Crippen molar-refractivity contribution in [3.8, 4) is 5.75 Å². The molecule has 3 rings (SSSR count). The number of phenols is 1. The van der Waals surface area contributed by atoms with E-state index in [2.05, 4.69) is 0 Å². The smallest absolute Gasteiger partial charge is 0.293 e. The second kappa shape index (κ2) is 7.44. The third-order valence-corrected chi connectivity index (χ3v) is 5.95. The Morgan fingerprint density at radius 1 is 1.08 bits per heavy atom. The number of hydrogen-bond acceptors (Lipinski definition) is 4. The zero-order chi connectivity index (χ0) is 17.3. The Bertz CT molecular complexity index is 829. The van der Waals surface area contributed by atoms with Crippen LogP contribution in [0.3, 0.4) is 0 Å². The molecule has 1 aliphatic rings. The van der Waals surface area contributed by atoms with Crippen LogP contribution >= 0.6 is 56.9 Å². The summed E-state index contributed by atoms with van der Waals surface area (Å²) >= 11 is 5.02. The highest BCUT2D eigenvalue weighted by atomic mass is 127. The second-order valence-corrected chi connectivity index (χ2v) is 8.40. The fourth-order valence-corrected chi connectivity index (χ4v) is 4.88. The predicted octanol–water partition coefficient (Wildman–Crippen LogP) is 4.84. The SMILES string of the molecule is O=C1S/C(=C/c2cc(I)c(O)c(I)c2)C(=O)N1Cc1ccccc1. The normalized spacial score (nSPS) is 16.2. The molecule has 7 heteroatoms. The van der Waals surface area contributed by atoms with Crippen LogP contribution in [0.1, 0.15) is 11.1 Å². The number of carbonyl (C=O) groups is 2. The lowest BCUT2D eigenvalue weighted by molar-refractivity contribution is -0.123. The van der Waals surface area contributed by atoms with Crippen molar-refractivity contribution in [1.29, 1.82) is 0 Å². The molecule has 0 unspecified atom stereocenters. The molecule has 1 saturated heterocycles. The van der Waals surface area contributed by atoms with Gasteiger partial charge in [-0.05, 0) is 86.3 Å². The predicted molar refractivity (Wildman–Crippen MR) is 111 cm³/mol. The van der Waals surface area contributed by atoms with Gasteiger partial charge in [0, 0.05) is 0 Å². The van der Waals surface area contributed by atoms with Crippen LogP contribution in [0.15, 0.2) is 47.4 Å². The summed E-state index contributed by atoms with van der Waals surface area (Å²) in [4.78, 5) is 26.3. The Labute approximate surface area is 170 Å². The maximum Gasteiger partial charge on any atom is 0.293 e. The van der Waals surface area contributed by atoms with Gasteiger partial charge in [0.25, 0.3) is 11.1 Å². The largest absolute Gasteiger partial charge is 0.506 e. The van der Waals surface area contributed by atoms with Crippen LogP contribution in [0.4, 0.5) is 4.79 Å². The molecule has 0 spiro atoms. The van der Waals surface area contributed by atoms with E-state index in [-0.39, 0.29) is 23.4 Å². The lowest BCUT2D eigenvalue weighted by atomic mass is 10.2. The summed E-state index contributed by atoms with van der Waals surface area (Å²) in [5.41, 5.74) is 1.70. The van der Waals surface area contributed by atoms with E-state index in [9.17, 15) is 14.7 Å². The van der Waals surface area contributed by atoms with Gasteiger partial charge in [0.1, 0.15) is 5.75 Å². The Morgan fingerprint density at radius 2 is 1.71 bits per heavy atom. The van der Waals surface area contributed by atoms with Crippen molar-refractivity contribution in [2.24, 2.45) is 0 Å². The van der Waals surface area contributed by atoms with E-state index in [0.717, 1.165) is 22.9 Å². The number of benzene rings is 2.